The second-order valence-corrected chi connectivity index (χ2v) is 21.0. The maximum Gasteiger partial charge on any atom is 0.317 e. The fourth-order valence-electron chi connectivity index (χ4n) is 8.71. The van der Waals surface area contributed by atoms with Gasteiger partial charge in [0.2, 0.25) is 0 Å². The molecule has 0 aromatic carbocycles. The van der Waals surface area contributed by atoms with Gasteiger partial charge in [0.05, 0.1) is 26.1 Å². The highest BCUT2D eigenvalue weighted by molar-refractivity contribution is 5.91. The fraction of sp³-hybridized carbons (Fsp3) is 0.881. The van der Waals surface area contributed by atoms with E-state index in [0.717, 1.165) is 161 Å². The van der Waals surface area contributed by atoms with E-state index in [4.69, 9.17) is 33.2 Å². The summed E-state index contributed by atoms with van der Waals surface area (Å²) >= 11 is 0. The molecule has 0 radical (unpaired) electrons. The van der Waals surface area contributed by atoms with Crippen LogP contribution in [-0.4, -0.2) is 112 Å². The molecular formula is C59H107NO14. The quantitative estimate of drug-likeness (QED) is 0.0242. The van der Waals surface area contributed by atoms with Crippen molar-refractivity contribution in [1.29, 1.82) is 0 Å². The molecule has 0 amide bonds. The van der Waals surface area contributed by atoms with Crippen molar-refractivity contribution < 1.29 is 66.7 Å². The summed E-state index contributed by atoms with van der Waals surface area (Å²) < 4.78 is 39.8. The van der Waals surface area contributed by atoms with E-state index < -0.39 is 86.5 Å². The van der Waals surface area contributed by atoms with Crippen molar-refractivity contribution in [3.63, 3.8) is 0 Å². The summed E-state index contributed by atoms with van der Waals surface area (Å²) in [5.74, 6) is -4.97. The molecule has 0 bridgehead atoms. The number of hydrogen-bond donors (Lipinski definition) is 0. The number of carbonyl (C=O) groups is 7. The minimum Gasteiger partial charge on any atom is -0.465 e. The molecule has 0 heterocycles. The van der Waals surface area contributed by atoms with Gasteiger partial charge in [-0.15, -0.1) is 0 Å². The van der Waals surface area contributed by atoms with Gasteiger partial charge in [-0.25, -0.2) is 0 Å². The van der Waals surface area contributed by atoms with Gasteiger partial charge in [-0.3, -0.25) is 33.6 Å². The predicted molar refractivity (Wildman–Crippen MR) is 290 cm³/mol. The maximum atomic E-state index is 13.4. The topological polar surface area (TPSA) is 187 Å². The summed E-state index contributed by atoms with van der Waals surface area (Å²) in [5, 5.41) is 0. The molecule has 0 unspecified atom stereocenters. The molecule has 432 valence electrons. The molecule has 0 rings (SSSR count). The number of esters is 7. The third kappa shape index (κ3) is 38.7. The first-order valence-electron chi connectivity index (χ1n) is 29.5. The van der Waals surface area contributed by atoms with Gasteiger partial charge in [0.15, 0.2) is 0 Å². The van der Waals surface area contributed by atoms with Gasteiger partial charge >= 0.3 is 41.8 Å². The Labute approximate surface area is 449 Å². The summed E-state index contributed by atoms with van der Waals surface area (Å²) in [6.45, 7) is 18.4. The third-order valence-electron chi connectivity index (χ3n) is 13.6. The zero-order valence-corrected chi connectivity index (χ0v) is 48.3. The molecule has 0 saturated heterocycles. The normalized spacial score (nSPS) is 11.6. The monoisotopic (exact) mass is 1050 g/mol. The van der Waals surface area contributed by atoms with Crippen molar-refractivity contribution in [2.24, 2.45) is 17.3 Å². The van der Waals surface area contributed by atoms with Gasteiger partial charge in [-0.2, -0.15) is 0 Å². The molecule has 0 atom stereocenters. The van der Waals surface area contributed by atoms with Gasteiger partial charge in [0.1, 0.15) is 50.8 Å². The van der Waals surface area contributed by atoms with Crippen molar-refractivity contribution in [3.05, 3.63) is 0 Å². The van der Waals surface area contributed by atoms with Crippen molar-refractivity contribution >= 4 is 41.8 Å². The second-order valence-electron chi connectivity index (χ2n) is 21.0. The number of ether oxygens (including phenoxy) is 7. The number of rotatable bonds is 50. The summed E-state index contributed by atoms with van der Waals surface area (Å²) in [7, 11) is 0. The van der Waals surface area contributed by atoms with Crippen LogP contribution < -0.4 is 0 Å². The Kier molecular flexibility index (Phi) is 44.2. The van der Waals surface area contributed by atoms with E-state index in [0.29, 0.717) is 13.0 Å². The first kappa shape index (κ1) is 70.2. The van der Waals surface area contributed by atoms with E-state index in [-0.39, 0.29) is 56.5 Å². The van der Waals surface area contributed by atoms with Gasteiger partial charge in [0.25, 0.3) is 0 Å². The molecule has 0 aliphatic heterocycles. The molecular weight excluding hydrogens is 947 g/mol. The lowest BCUT2D eigenvalue weighted by atomic mass is 9.92. The lowest BCUT2D eigenvalue weighted by Crippen LogP contribution is -2.44. The first-order chi connectivity index (χ1) is 35.6. The first-order valence-corrected chi connectivity index (χ1v) is 29.5. The van der Waals surface area contributed by atoms with Crippen LogP contribution in [0, 0.1) is 17.3 Å². The van der Waals surface area contributed by atoms with Crippen LogP contribution in [0.4, 0.5) is 0 Å². The third-order valence-corrected chi connectivity index (χ3v) is 13.6. The highest BCUT2D eigenvalue weighted by Gasteiger charge is 2.39. The van der Waals surface area contributed by atoms with Crippen LogP contribution >= 0.6 is 0 Å². The number of hydrogen-bond acceptors (Lipinski definition) is 15. The molecule has 15 nitrogen and oxygen atoms in total. The average molecular weight is 1050 g/mol. The van der Waals surface area contributed by atoms with E-state index in [1.807, 2.05) is 6.92 Å². The molecule has 74 heavy (non-hydrogen) atoms. The van der Waals surface area contributed by atoms with Crippen LogP contribution in [0.3, 0.4) is 0 Å². The average Bonchev–Trinajstić information content (AvgIpc) is 3.37. The molecule has 0 spiro atoms. The van der Waals surface area contributed by atoms with Crippen molar-refractivity contribution in [2.75, 3.05) is 52.7 Å². The highest BCUT2D eigenvalue weighted by atomic mass is 16.6. The van der Waals surface area contributed by atoms with E-state index >= 15 is 0 Å². The minimum absolute atomic E-state index is 0.0477. The Morgan fingerprint density at radius 3 is 1.05 bits per heavy atom. The lowest BCUT2D eigenvalue weighted by Gasteiger charge is -2.31. The zero-order valence-electron chi connectivity index (χ0n) is 48.3. The van der Waals surface area contributed by atoms with E-state index in [1.165, 1.54) is 0 Å². The van der Waals surface area contributed by atoms with Gasteiger partial charge in [-0.05, 0) is 96.6 Å². The summed E-state index contributed by atoms with van der Waals surface area (Å²) in [6, 6.07) is 0.271. The minimum atomic E-state index is -1.69. The van der Waals surface area contributed by atoms with Gasteiger partial charge in [-0.1, -0.05) is 151 Å². The molecule has 0 aliphatic carbocycles. The van der Waals surface area contributed by atoms with Crippen LogP contribution in [0.1, 0.15) is 255 Å². The summed E-state index contributed by atoms with van der Waals surface area (Å²) in [4.78, 5) is 94.8. The molecule has 0 aliphatic rings. The van der Waals surface area contributed by atoms with E-state index in [9.17, 15) is 33.6 Å². The molecule has 0 N–H and O–H groups in total. The van der Waals surface area contributed by atoms with Crippen LogP contribution in [0.25, 0.3) is 0 Å². The van der Waals surface area contributed by atoms with Crippen molar-refractivity contribution in [2.45, 2.75) is 267 Å². The molecule has 0 aromatic heterocycles. The Balaban J connectivity index is 6.47. The smallest absolute Gasteiger partial charge is 0.317 e. The number of nitrogens with zero attached hydrogens (tertiary/aromatic N) is 1. The zero-order chi connectivity index (χ0) is 55.2. The summed E-state index contributed by atoms with van der Waals surface area (Å²) in [5.41, 5.74) is -1.69. The number of unbranched alkanes of at least 4 members (excludes halogenated alkanes) is 12. The lowest BCUT2D eigenvalue weighted by molar-refractivity contribution is -0.173. The largest absolute Gasteiger partial charge is 0.465 e. The molecule has 0 fully saturated rings. The van der Waals surface area contributed by atoms with E-state index in [1.54, 1.807) is 0 Å². The SMILES string of the molecule is CCCCCC(CCCCC)COC(=O)CC(=O)OCC(COC(=O)CCCN(CC)C(C)C)(COC(=O)CCC(=O)OC(CCCCC)CCCCC)COC(=O)CC(=O)OCC(CCCCC)CCCCC. The highest BCUT2D eigenvalue weighted by Crippen LogP contribution is 2.25. The fourth-order valence-corrected chi connectivity index (χ4v) is 8.71. The Morgan fingerprint density at radius 2 is 0.703 bits per heavy atom. The van der Waals surface area contributed by atoms with Crippen LogP contribution in [0.5, 0.6) is 0 Å². The van der Waals surface area contributed by atoms with Crippen LogP contribution in [-0.2, 0) is 66.7 Å². The Bertz CT molecular complexity index is 1400. The standard InChI is InChI=1S/C59H107NO14/c1-10-17-23-30-49(31-24-18-11-2)42-68-55(64)40-57(66)72-46-59(44-70-52(61)36-29-39-60(16-7)48(8)9,45-71-53(62)37-38-54(63)74-51(34-27-21-14-5)35-28-22-15-6)47-73-58(67)41-56(65)69-43-50(32-25-19-12-3)33-26-20-13-4/h48-51H,10-47H2,1-9H3. The molecule has 0 saturated carbocycles. The second kappa shape index (κ2) is 46.5. The molecule has 0 aromatic rings. The van der Waals surface area contributed by atoms with Crippen LogP contribution in [0.2, 0.25) is 0 Å². The van der Waals surface area contributed by atoms with Crippen LogP contribution in [0.15, 0.2) is 0 Å². The number of carbonyl (C=O) groups excluding carboxylic acids is 7. The molecule has 15 heteroatoms. The Morgan fingerprint density at radius 1 is 0.378 bits per heavy atom. The van der Waals surface area contributed by atoms with Gasteiger partial charge < -0.3 is 38.1 Å². The maximum absolute atomic E-state index is 13.4. The van der Waals surface area contributed by atoms with Crippen molar-refractivity contribution in [1.82, 2.24) is 4.90 Å². The summed E-state index contributed by atoms with van der Waals surface area (Å²) in [6.07, 6.45) is 22.1. The Hall–Kier alpha value is -3.75. The van der Waals surface area contributed by atoms with Crippen molar-refractivity contribution in [3.8, 4) is 0 Å². The predicted octanol–water partition coefficient (Wildman–Crippen LogP) is 12.9. The van der Waals surface area contributed by atoms with Gasteiger partial charge in [0, 0.05) is 12.5 Å². The van der Waals surface area contributed by atoms with E-state index in [2.05, 4.69) is 60.3 Å².